The molecule has 0 aromatic carbocycles. The summed E-state index contributed by atoms with van der Waals surface area (Å²) < 4.78 is 0. The van der Waals surface area contributed by atoms with Gasteiger partial charge in [0, 0.05) is 17.8 Å². The zero-order valence-electron chi connectivity index (χ0n) is 8.01. The number of aliphatic hydroxyl groups is 2. The zero-order valence-corrected chi connectivity index (χ0v) is 8.01. The minimum Gasteiger partial charge on any atom is -0.397 e. The fourth-order valence-corrected chi connectivity index (χ4v) is 1.20. The van der Waals surface area contributed by atoms with E-state index in [0.29, 0.717) is 16.9 Å². The molecule has 1 rings (SSSR count). The highest BCUT2D eigenvalue weighted by atomic mass is 16.3. The number of nitrogens with two attached hydrogens (primary N) is 2. The molecule has 14 heavy (non-hydrogen) atoms. The van der Waals surface area contributed by atoms with Gasteiger partial charge in [-0.2, -0.15) is 0 Å². The van der Waals surface area contributed by atoms with E-state index in [4.69, 9.17) is 11.5 Å². The van der Waals surface area contributed by atoms with E-state index in [1.54, 1.807) is 13.0 Å². The van der Waals surface area contributed by atoms with E-state index in [-0.39, 0.29) is 6.54 Å². The predicted molar refractivity (Wildman–Crippen MR) is 53.4 cm³/mol. The molecule has 1 heterocycles. The Balaban J connectivity index is 2.99. The highest BCUT2D eigenvalue weighted by Gasteiger charge is 2.19. The molecule has 78 valence electrons. The first kappa shape index (κ1) is 10.9. The Kier molecular flexibility index (Phi) is 3.40. The minimum absolute atomic E-state index is 0.00456. The fraction of sp³-hybridized carbons (Fsp3) is 0.444. The third-order valence-corrected chi connectivity index (χ3v) is 2.07. The summed E-state index contributed by atoms with van der Waals surface area (Å²) in [5, 5.41) is 19.0. The molecule has 0 fully saturated rings. The number of pyridine rings is 1. The fourth-order valence-electron chi connectivity index (χ4n) is 1.20. The molecule has 0 saturated carbocycles. The lowest BCUT2D eigenvalue weighted by atomic mass is 10.0. The second-order valence-corrected chi connectivity index (χ2v) is 3.19. The van der Waals surface area contributed by atoms with Crippen molar-refractivity contribution in [3.8, 4) is 0 Å². The van der Waals surface area contributed by atoms with Gasteiger partial charge in [0.1, 0.15) is 6.10 Å². The maximum atomic E-state index is 9.67. The van der Waals surface area contributed by atoms with Crippen molar-refractivity contribution in [3.63, 3.8) is 0 Å². The number of aliphatic hydroxyl groups excluding tert-OH is 2. The van der Waals surface area contributed by atoms with Crippen molar-refractivity contribution in [3.05, 3.63) is 23.5 Å². The summed E-state index contributed by atoms with van der Waals surface area (Å²) in [6.45, 7) is 1.73. The van der Waals surface area contributed by atoms with E-state index < -0.39 is 12.2 Å². The van der Waals surface area contributed by atoms with Crippen molar-refractivity contribution in [2.24, 2.45) is 5.73 Å². The van der Waals surface area contributed by atoms with Gasteiger partial charge in [0.15, 0.2) is 0 Å². The summed E-state index contributed by atoms with van der Waals surface area (Å²) in [6.07, 6.45) is -0.520. The van der Waals surface area contributed by atoms with E-state index in [1.807, 2.05) is 0 Å². The van der Waals surface area contributed by atoms with Gasteiger partial charge in [0.2, 0.25) is 0 Å². The van der Waals surface area contributed by atoms with Crippen LogP contribution < -0.4 is 11.5 Å². The Bertz CT molecular complexity index is 317. The van der Waals surface area contributed by atoms with Crippen molar-refractivity contribution >= 4 is 5.69 Å². The van der Waals surface area contributed by atoms with Crippen LogP contribution in [0.3, 0.4) is 0 Å². The van der Waals surface area contributed by atoms with Gasteiger partial charge in [0.05, 0.1) is 18.0 Å². The topological polar surface area (TPSA) is 105 Å². The molecule has 5 nitrogen and oxygen atoms in total. The van der Waals surface area contributed by atoms with Crippen LogP contribution in [0.4, 0.5) is 5.69 Å². The summed E-state index contributed by atoms with van der Waals surface area (Å²) in [4.78, 5) is 3.98. The predicted octanol–water partition coefficient (Wildman–Crippen LogP) is -0.675. The lowest BCUT2D eigenvalue weighted by Crippen LogP contribution is -2.27. The van der Waals surface area contributed by atoms with Gasteiger partial charge in [-0.05, 0) is 13.0 Å². The van der Waals surface area contributed by atoms with E-state index in [2.05, 4.69) is 4.98 Å². The molecule has 5 heteroatoms. The van der Waals surface area contributed by atoms with Crippen LogP contribution in [0.5, 0.6) is 0 Å². The smallest absolute Gasteiger partial charge is 0.108 e. The van der Waals surface area contributed by atoms with Gasteiger partial charge >= 0.3 is 0 Å². The summed E-state index contributed by atoms with van der Waals surface area (Å²) in [6, 6.07) is 1.59. The molecule has 0 aliphatic rings. The van der Waals surface area contributed by atoms with Gasteiger partial charge in [-0.1, -0.05) is 0 Å². The highest BCUT2D eigenvalue weighted by molar-refractivity contribution is 5.40. The molecule has 0 radical (unpaired) electrons. The average molecular weight is 197 g/mol. The summed E-state index contributed by atoms with van der Waals surface area (Å²) in [5.41, 5.74) is 12.4. The molecule has 0 amide bonds. The monoisotopic (exact) mass is 197 g/mol. The third kappa shape index (κ3) is 2.20. The number of aryl methyl sites for hydroxylation is 1. The average Bonchev–Trinajstić information content (AvgIpc) is 2.19. The van der Waals surface area contributed by atoms with Gasteiger partial charge in [-0.15, -0.1) is 0 Å². The van der Waals surface area contributed by atoms with E-state index >= 15 is 0 Å². The van der Waals surface area contributed by atoms with Gasteiger partial charge < -0.3 is 21.7 Å². The molecule has 0 aliphatic heterocycles. The van der Waals surface area contributed by atoms with Crippen molar-refractivity contribution in [1.29, 1.82) is 0 Å². The molecule has 2 unspecified atom stereocenters. The number of hydrogen-bond acceptors (Lipinski definition) is 5. The molecular weight excluding hydrogens is 182 g/mol. The quantitative estimate of drug-likeness (QED) is 0.514. The number of hydrogen-bond donors (Lipinski definition) is 4. The van der Waals surface area contributed by atoms with Crippen LogP contribution in [0.2, 0.25) is 0 Å². The lowest BCUT2D eigenvalue weighted by Gasteiger charge is -2.18. The Labute approximate surface area is 82.4 Å². The lowest BCUT2D eigenvalue weighted by molar-refractivity contribution is 0.0237. The molecule has 0 spiro atoms. The first-order valence-corrected chi connectivity index (χ1v) is 4.34. The van der Waals surface area contributed by atoms with Crippen molar-refractivity contribution in [1.82, 2.24) is 4.98 Å². The van der Waals surface area contributed by atoms with E-state index in [1.165, 1.54) is 6.20 Å². The summed E-state index contributed by atoms with van der Waals surface area (Å²) >= 11 is 0. The Morgan fingerprint density at radius 1 is 1.50 bits per heavy atom. The molecule has 6 N–H and O–H groups in total. The van der Waals surface area contributed by atoms with Crippen LogP contribution in [0, 0.1) is 6.92 Å². The van der Waals surface area contributed by atoms with Crippen molar-refractivity contribution < 1.29 is 10.2 Å². The van der Waals surface area contributed by atoms with Crippen LogP contribution >= 0.6 is 0 Å². The zero-order chi connectivity index (χ0) is 10.7. The number of aromatic nitrogens is 1. The molecule has 2 atom stereocenters. The third-order valence-electron chi connectivity index (χ3n) is 2.07. The maximum absolute atomic E-state index is 9.67. The van der Waals surface area contributed by atoms with E-state index in [0.717, 1.165) is 0 Å². The van der Waals surface area contributed by atoms with E-state index in [9.17, 15) is 10.2 Å². The summed E-state index contributed by atoms with van der Waals surface area (Å²) in [5.74, 6) is 0. The molecule has 1 aromatic rings. The molecule has 1 aromatic heterocycles. The standard InChI is InChI=1S/C9H15N3O2/c1-5-7(2-6(11)4-12-5)9(14)8(13)3-10/h2,4,8-9,13-14H,3,10-11H2,1H3. The number of nitrogen functional groups attached to an aromatic ring is 1. The molecular formula is C9H15N3O2. The Morgan fingerprint density at radius 3 is 2.71 bits per heavy atom. The van der Waals surface area contributed by atoms with Crippen LogP contribution in [-0.4, -0.2) is 27.8 Å². The van der Waals surface area contributed by atoms with Gasteiger partial charge in [-0.3, -0.25) is 4.98 Å². The second-order valence-electron chi connectivity index (χ2n) is 3.19. The first-order chi connectivity index (χ1) is 6.56. The van der Waals surface area contributed by atoms with Crippen LogP contribution in [-0.2, 0) is 0 Å². The van der Waals surface area contributed by atoms with Gasteiger partial charge in [0.25, 0.3) is 0 Å². The van der Waals surface area contributed by atoms with Gasteiger partial charge in [-0.25, -0.2) is 0 Å². The first-order valence-electron chi connectivity index (χ1n) is 4.34. The Hall–Kier alpha value is -1.17. The maximum Gasteiger partial charge on any atom is 0.108 e. The van der Waals surface area contributed by atoms with Crippen molar-refractivity contribution in [2.45, 2.75) is 19.1 Å². The largest absolute Gasteiger partial charge is 0.397 e. The normalized spacial score (nSPS) is 15.1. The number of nitrogens with zero attached hydrogens (tertiary/aromatic N) is 1. The second kappa shape index (κ2) is 4.36. The highest BCUT2D eigenvalue weighted by Crippen LogP contribution is 2.20. The molecule has 0 saturated heterocycles. The molecule has 0 aliphatic carbocycles. The van der Waals surface area contributed by atoms with Crippen LogP contribution in [0.15, 0.2) is 12.3 Å². The Morgan fingerprint density at radius 2 is 2.14 bits per heavy atom. The van der Waals surface area contributed by atoms with Crippen molar-refractivity contribution in [2.75, 3.05) is 12.3 Å². The van der Waals surface area contributed by atoms with Crippen LogP contribution in [0.25, 0.3) is 0 Å². The number of anilines is 1. The van der Waals surface area contributed by atoms with Crippen LogP contribution in [0.1, 0.15) is 17.4 Å². The SMILES string of the molecule is Cc1ncc(N)cc1C(O)C(O)CN. The summed E-state index contributed by atoms with van der Waals surface area (Å²) in [7, 11) is 0. The molecule has 0 bridgehead atoms. The minimum atomic E-state index is -1.03. The number of rotatable bonds is 3.